The Morgan fingerprint density at radius 1 is 1.35 bits per heavy atom. The van der Waals surface area contributed by atoms with Crippen LogP contribution in [0.5, 0.6) is 0 Å². The van der Waals surface area contributed by atoms with Crippen LogP contribution in [0.25, 0.3) is 0 Å². The van der Waals surface area contributed by atoms with Gasteiger partial charge in [0, 0.05) is 29.3 Å². The molecule has 1 aromatic rings. The summed E-state index contributed by atoms with van der Waals surface area (Å²) >= 11 is 0. The molecule has 2 fully saturated rings. The molecule has 0 spiro atoms. The van der Waals surface area contributed by atoms with Crippen LogP contribution in [-0.2, 0) is 5.41 Å². The number of nitrogens with one attached hydrogen (secondary N) is 1. The van der Waals surface area contributed by atoms with Crippen LogP contribution in [0.4, 0.5) is 0 Å². The van der Waals surface area contributed by atoms with Crippen LogP contribution < -0.4 is 5.32 Å². The molecule has 17 heavy (non-hydrogen) atoms. The van der Waals surface area contributed by atoms with Gasteiger partial charge in [0.2, 0.25) is 0 Å². The predicted octanol–water partition coefficient (Wildman–Crippen LogP) is 2.30. The van der Waals surface area contributed by atoms with Crippen LogP contribution in [0.1, 0.15) is 55.2 Å². The van der Waals surface area contributed by atoms with Crippen molar-refractivity contribution < 1.29 is 0 Å². The standard InChI is InChI=1S/C14H21N3/c1-10-8-12(11-4-3-5-11)17-13(16-10)14(6-7-14)9-15-2/h8,11,15H,3-7,9H2,1-2H3. The van der Waals surface area contributed by atoms with Gasteiger partial charge in [0.1, 0.15) is 5.82 Å². The molecule has 0 saturated heterocycles. The summed E-state index contributed by atoms with van der Waals surface area (Å²) in [7, 11) is 2.02. The second-order valence-electron chi connectivity index (χ2n) is 5.70. The van der Waals surface area contributed by atoms with E-state index in [1.165, 1.54) is 37.8 Å². The number of hydrogen-bond acceptors (Lipinski definition) is 3. The summed E-state index contributed by atoms with van der Waals surface area (Å²) in [6.45, 7) is 3.11. The first kappa shape index (κ1) is 11.1. The Morgan fingerprint density at radius 3 is 2.65 bits per heavy atom. The third kappa shape index (κ3) is 1.97. The van der Waals surface area contributed by atoms with E-state index in [-0.39, 0.29) is 5.41 Å². The Morgan fingerprint density at radius 2 is 2.12 bits per heavy atom. The lowest BCUT2D eigenvalue weighted by atomic mass is 9.82. The minimum Gasteiger partial charge on any atom is -0.319 e. The van der Waals surface area contributed by atoms with Crippen LogP contribution in [0.2, 0.25) is 0 Å². The molecule has 0 atom stereocenters. The second kappa shape index (κ2) is 4.05. The van der Waals surface area contributed by atoms with Gasteiger partial charge in [0.25, 0.3) is 0 Å². The minimum absolute atomic E-state index is 0.249. The van der Waals surface area contributed by atoms with Crippen LogP contribution >= 0.6 is 0 Å². The number of aryl methyl sites for hydroxylation is 1. The Kier molecular flexibility index (Phi) is 2.66. The lowest BCUT2D eigenvalue weighted by molar-refractivity contribution is 0.407. The van der Waals surface area contributed by atoms with Gasteiger partial charge in [-0.2, -0.15) is 0 Å². The van der Waals surface area contributed by atoms with Crippen molar-refractivity contribution in [2.24, 2.45) is 0 Å². The maximum Gasteiger partial charge on any atom is 0.136 e. The molecule has 0 aliphatic heterocycles. The number of nitrogens with zero attached hydrogens (tertiary/aromatic N) is 2. The van der Waals surface area contributed by atoms with E-state index in [0.29, 0.717) is 5.92 Å². The Balaban J connectivity index is 1.91. The van der Waals surface area contributed by atoms with Crippen LogP contribution in [0.3, 0.4) is 0 Å². The number of rotatable bonds is 4. The lowest BCUT2D eigenvalue weighted by Gasteiger charge is -2.26. The largest absolute Gasteiger partial charge is 0.319 e. The molecule has 0 aromatic carbocycles. The molecule has 2 saturated carbocycles. The molecule has 1 heterocycles. The Bertz CT molecular complexity index is 419. The first-order valence-electron chi connectivity index (χ1n) is 6.74. The van der Waals surface area contributed by atoms with Crippen LogP contribution in [0, 0.1) is 6.92 Å². The maximum atomic E-state index is 4.86. The van der Waals surface area contributed by atoms with E-state index in [4.69, 9.17) is 4.98 Å². The zero-order valence-corrected chi connectivity index (χ0v) is 10.8. The average molecular weight is 231 g/mol. The Hall–Kier alpha value is -0.960. The number of aromatic nitrogens is 2. The van der Waals surface area contributed by atoms with Crippen molar-refractivity contribution in [3.05, 3.63) is 23.3 Å². The highest BCUT2D eigenvalue weighted by molar-refractivity contribution is 5.25. The van der Waals surface area contributed by atoms with E-state index in [9.17, 15) is 0 Å². The van der Waals surface area contributed by atoms with Gasteiger partial charge in [0.05, 0.1) is 0 Å². The van der Waals surface area contributed by atoms with E-state index in [1.54, 1.807) is 0 Å². The second-order valence-corrected chi connectivity index (χ2v) is 5.70. The quantitative estimate of drug-likeness (QED) is 0.864. The first-order chi connectivity index (χ1) is 8.23. The average Bonchev–Trinajstić information content (AvgIpc) is 2.96. The lowest BCUT2D eigenvalue weighted by Crippen LogP contribution is -2.27. The molecule has 92 valence electrons. The highest BCUT2D eigenvalue weighted by Gasteiger charge is 2.46. The number of likely N-dealkylation sites (N-methyl/N-ethyl adjacent to an activating group) is 1. The van der Waals surface area contributed by atoms with Crippen molar-refractivity contribution in [2.75, 3.05) is 13.6 Å². The zero-order chi connectivity index (χ0) is 11.9. The van der Waals surface area contributed by atoms with E-state index in [1.807, 2.05) is 7.05 Å². The third-order valence-corrected chi connectivity index (χ3v) is 4.24. The molecule has 0 amide bonds. The van der Waals surface area contributed by atoms with Crippen molar-refractivity contribution in [1.82, 2.24) is 15.3 Å². The third-order valence-electron chi connectivity index (χ3n) is 4.24. The van der Waals surface area contributed by atoms with Gasteiger partial charge in [-0.25, -0.2) is 9.97 Å². The molecule has 2 aliphatic rings. The van der Waals surface area contributed by atoms with Gasteiger partial charge in [-0.3, -0.25) is 0 Å². The van der Waals surface area contributed by atoms with Crippen molar-refractivity contribution in [1.29, 1.82) is 0 Å². The molecular weight excluding hydrogens is 210 g/mol. The number of hydrogen-bond donors (Lipinski definition) is 1. The van der Waals surface area contributed by atoms with Gasteiger partial charge in [-0.15, -0.1) is 0 Å². The van der Waals surface area contributed by atoms with Crippen molar-refractivity contribution in [3.8, 4) is 0 Å². The van der Waals surface area contributed by atoms with Gasteiger partial charge in [0.15, 0.2) is 0 Å². The molecule has 1 N–H and O–H groups in total. The van der Waals surface area contributed by atoms with Crippen molar-refractivity contribution in [3.63, 3.8) is 0 Å². The molecular formula is C14H21N3. The predicted molar refractivity (Wildman–Crippen MR) is 68.2 cm³/mol. The SMILES string of the molecule is CNCC1(c2nc(C)cc(C3CCC3)n2)CC1. The highest BCUT2D eigenvalue weighted by Crippen LogP contribution is 2.46. The van der Waals surface area contributed by atoms with E-state index in [2.05, 4.69) is 23.3 Å². The van der Waals surface area contributed by atoms with Crippen molar-refractivity contribution >= 4 is 0 Å². The zero-order valence-electron chi connectivity index (χ0n) is 10.8. The maximum absolute atomic E-state index is 4.86. The monoisotopic (exact) mass is 231 g/mol. The van der Waals surface area contributed by atoms with Gasteiger partial charge in [-0.05, 0) is 45.7 Å². The summed E-state index contributed by atoms with van der Waals surface area (Å²) in [5.74, 6) is 1.80. The molecule has 3 nitrogen and oxygen atoms in total. The van der Waals surface area contributed by atoms with Crippen LogP contribution in [-0.4, -0.2) is 23.6 Å². The molecule has 0 unspecified atom stereocenters. The normalized spacial score (nSPS) is 22.2. The first-order valence-corrected chi connectivity index (χ1v) is 6.74. The molecule has 3 rings (SSSR count). The molecule has 3 heteroatoms. The van der Waals surface area contributed by atoms with Gasteiger partial charge in [-0.1, -0.05) is 6.42 Å². The summed E-state index contributed by atoms with van der Waals surface area (Å²) in [6.07, 6.45) is 6.47. The van der Waals surface area contributed by atoms with E-state index >= 15 is 0 Å². The fourth-order valence-electron chi connectivity index (χ4n) is 2.71. The Labute approximate surface area is 103 Å². The minimum atomic E-state index is 0.249. The van der Waals surface area contributed by atoms with E-state index < -0.39 is 0 Å². The highest BCUT2D eigenvalue weighted by atomic mass is 15.0. The summed E-state index contributed by atoms with van der Waals surface area (Å²) in [6, 6.07) is 2.18. The molecule has 1 aromatic heterocycles. The van der Waals surface area contributed by atoms with Crippen LogP contribution in [0.15, 0.2) is 6.07 Å². The molecule has 0 radical (unpaired) electrons. The summed E-state index contributed by atoms with van der Waals surface area (Å²) in [4.78, 5) is 9.53. The summed E-state index contributed by atoms with van der Waals surface area (Å²) < 4.78 is 0. The molecule has 2 aliphatic carbocycles. The fraction of sp³-hybridized carbons (Fsp3) is 0.714. The van der Waals surface area contributed by atoms with Gasteiger partial charge < -0.3 is 5.32 Å². The van der Waals surface area contributed by atoms with Crippen molar-refractivity contribution in [2.45, 2.75) is 50.4 Å². The summed E-state index contributed by atoms with van der Waals surface area (Å²) in [5, 5.41) is 3.29. The van der Waals surface area contributed by atoms with E-state index in [0.717, 1.165) is 18.1 Å². The topological polar surface area (TPSA) is 37.8 Å². The fourth-order valence-corrected chi connectivity index (χ4v) is 2.71. The smallest absolute Gasteiger partial charge is 0.136 e. The molecule has 0 bridgehead atoms. The van der Waals surface area contributed by atoms with Gasteiger partial charge >= 0.3 is 0 Å². The summed E-state index contributed by atoms with van der Waals surface area (Å²) in [5.41, 5.74) is 2.68.